The molecule has 0 aliphatic heterocycles. The van der Waals surface area contributed by atoms with E-state index in [0.717, 1.165) is 18.9 Å². The van der Waals surface area contributed by atoms with Crippen LogP contribution in [0.15, 0.2) is 36.5 Å². The molecule has 0 aromatic carbocycles. The molecule has 0 aromatic rings. The second kappa shape index (κ2) is 8.78. The van der Waals surface area contributed by atoms with Crippen molar-refractivity contribution in [2.45, 2.75) is 26.2 Å². The summed E-state index contributed by atoms with van der Waals surface area (Å²) in [5.74, 6) is -0.911. The predicted octanol–water partition coefficient (Wildman–Crippen LogP) is 2.93. The van der Waals surface area contributed by atoms with Gasteiger partial charge >= 0.3 is 5.97 Å². The Balaban J connectivity index is 3.47. The monoisotopic (exact) mass is 180 g/mol. The van der Waals surface area contributed by atoms with Crippen LogP contribution in [0.25, 0.3) is 0 Å². The molecule has 0 saturated carbocycles. The minimum absolute atomic E-state index is 0.865. The Morgan fingerprint density at radius 3 is 2.62 bits per heavy atom. The minimum atomic E-state index is -0.911. The van der Waals surface area contributed by atoms with Gasteiger partial charge in [0.05, 0.1) is 0 Å². The van der Waals surface area contributed by atoms with Gasteiger partial charge in [-0.2, -0.15) is 0 Å². The van der Waals surface area contributed by atoms with Crippen molar-refractivity contribution in [3.63, 3.8) is 0 Å². The molecule has 2 heteroatoms. The van der Waals surface area contributed by atoms with Crippen LogP contribution in [0.3, 0.4) is 0 Å². The Morgan fingerprint density at radius 2 is 2.00 bits per heavy atom. The lowest BCUT2D eigenvalue weighted by Gasteiger charge is -1.82. The highest BCUT2D eigenvalue weighted by Crippen LogP contribution is 1.92. The molecule has 0 bridgehead atoms. The number of allylic oxidation sites excluding steroid dienone is 5. The molecule has 0 spiro atoms. The summed E-state index contributed by atoms with van der Waals surface area (Å²) in [6, 6.07) is 0. The number of carbonyl (C=O) groups is 1. The number of unbranched alkanes of at least 4 members (excludes halogenated alkanes) is 1. The first-order chi connectivity index (χ1) is 6.27. The number of carboxylic acid groups (broad SMARTS) is 1. The van der Waals surface area contributed by atoms with Crippen LogP contribution in [0.5, 0.6) is 0 Å². The van der Waals surface area contributed by atoms with E-state index in [1.54, 1.807) is 6.08 Å². The van der Waals surface area contributed by atoms with Crippen molar-refractivity contribution in [1.29, 1.82) is 0 Å². The maximum Gasteiger partial charge on any atom is 0.328 e. The Kier molecular flexibility index (Phi) is 7.90. The van der Waals surface area contributed by atoms with Gasteiger partial charge in [-0.3, -0.25) is 0 Å². The number of hydrogen-bond acceptors (Lipinski definition) is 1. The first kappa shape index (κ1) is 11.7. The van der Waals surface area contributed by atoms with Crippen LogP contribution < -0.4 is 0 Å². The fourth-order valence-electron chi connectivity index (χ4n) is 0.754. The minimum Gasteiger partial charge on any atom is -0.478 e. The molecule has 13 heavy (non-hydrogen) atoms. The smallest absolute Gasteiger partial charge is 0.328 e. The zero-order valence-electron chi connectivity index (χ0n) is 7.94. The van der Waals surface area contributed by atoms with Gasteiger partial charge in [-0.1, -0.05) is 43.7 Å². The quantitative estimate of drug-likeness (QED) is 0.387. The SMILES string of the molecule is CCCC=CCC=C/C=C/C(=O)O. The van der Waals surface area contributed by atoms with Gasteiger partial charge in [0.2, 0.25) is 0 Å². The van der Waals surface area contributed by atoms with E-state index < -0.39 is 5.97 Å². The van der Waals surface area contributed by atoms with E-state index in [2.05, 4.69) is 19.1 Å². The van der Waals surface area contributed by atoms with Crippen molar-refractivity contribution < 1.29 is 9.90 Å². The molecule has 0 amide bonds. The summed E-state index contributed by atoms with van der Waals surface area (Å²) in [6.07, 6.45) is 13.7. The maximum absolute atomic E-state index is 10.0. The van der Waals surface area contributed by atoms with Crippen LogP contribution in [0.4, 0.5) is 0 Å². The summed E-state index contributed by atoms with van der Waals surface area (Å²) < 4.78 is 0. The summed E-state index contributed by atoms with van der Waals surface area (Å²) >= 11 is 0. The third kappa shape index (κ3) is 10.7. The van der Waals surface area contributed by atoms with Crippen molar-refractivity contribution in [1.82, 2.24) is 0 Å². The van der Waals surface area contributed by atoms with E-state index in [1.165, 1.54) is 12.5 Å². The molecule has 0 rings (SSSR count). The van der Waals surface area contributed by atoms with Crippen molar-refractivity contribution in [2.75, 3.05) is 0 Å². The van der Waals surface area contributed by atoms with Gasteiger partial charge in [0.25, 0.3) is 0 Å². The van der Waals surface area contributed by atoms with Crippen LogP contribution >= 0.6 is 0 Å². The molecule has 0 atom stereocenters. The number of hydrogen-bond donors (Lipinski definition) is 1. The zero-order valence-corrected chi connectivity index (χ0v) is 7.94. The van der Waals surface area contributed by atoms with Gasteiger partial charge in [-0.05, 0) is 12.8 Å². The second-order valence-electron chi connectivity index (χ2n) is 2.62. The topological polar surface area (TPSA) is 37.3 Å². The normalized spacial score (nSPS) is 12.1. The Labute approximate surface area is 79.3 Å². The molecular weight excluding hydrogens is 164 g/mol. The van der Waals surface area contributed by atoms with Gasteiger partial charge in [-0.25, -0.2) is 4.79 Å². The lowest BCUT2D eigenvalue weighted by Crippen LogP contribution is -1.84. The highest BCUT2D eigenvalue weighted by Gasteiger charge is 1.79. The molecule has 0 heterocycles. The average Bonchev–Trinajstić information content (AvgIpc) is 2.09. The Morgan fingerprint density at radius 1 is 1.23 bits per heavy atom. The predicted molar refractivity (Wildman–Crippen MR) is 54.6 cm³/mol. The molecule has 0 radical (unpaired) electrons. The summed E-state index contributed by atoms with van der Waals surface area (Å²) in [6.45, 7) is 2.13. The third-order valence-corrected chi connectivity index (χ3v) is 1.38. The first-order valence-electron chi connectivity index (χ1n) is 4.48. The molecule has 0 aliphatic carbocycles. The molecule has 0 aromatic heterocycles. The van der Waals surface area contributed by atoms with Crippen LogP contribution in [0.1, 0.15) is 26.2 Å². The Bertz CT molecular complexity index is 212. The van der Waals surface area contributed by atoms with E-state index in [0.29, 0.717) is 0 Å². The lowest BCUT2D eigenvalue weighted by atomic mass is 10.2. The second-order valence-corrected chi connectivity index (χ2v) is 2.62. The van der Waals surface area contributed by atoms with Gasteiger partial charge in [0.1, 0.15) is 0 Å². The highest BCUT2D eigenvalue weighted by atomic mass is 16.4. The summed E-state index contributed by atoms with van der Waals surface area (Å²) in [5.41, 5.74) is 0. The molecule has 0 saturated heterocycles. The molecule has 0 unspecified atom stereocenters. The van der Waals surface area contributed by atoms with Crippen molar-refractivity contribution >= 4 is 5.97 Å². The number of rotatable bonds is 6. The van der Waals surface area contributed by atoms with E-state index >= 15 is 0 Å². The van der Waals surface area contributed by atoms with Crippen molar-refractivity contribution in [3.05, 3.63) is 36.5 Å². The van der Waals surface area contributed by atoms with Crippen molar-refractivity contribution in [3.8, 4) is 0 Å². The molecule has 1 N–H and O–H groups in total. The summed E-state index contributed by atoms with van der Waals surface area (Å²) in [4.78, 5) is 10.0. The maximum atomic E-state index is 10.0. The first-order valence-corrected chi connectivity index (χ1v) is 4.48. The molecule has 2 nitrogen and oxygen atoms in total. The van der Waals surface area contributed by atoms with Gasteiger partial charge in [0, 0.05) is 6.08 Å². The highest BCUT2D eigenvalue weighted by molar-refractivity contribution is 5.80. The molecule has 0 aliphatic rings. The standard InChI is InChI=1S/C11H16O2/c1-2-3-4-5-6-7-8-9-10-11(12)13/h4-5,7-10H,2-3,6H2,1H3,(H,12,13)/b5-4?,8-7?,10-9+. The third-order valence-electron chi connectivity index (χ3n) is 1.38. The van der Waals surface area contributed by atoms with E-state index in [-0.39, 0.29) is 0 Å². The van der Waals surface area contributed by atoms with E-state index in [4.69, 9.17) is 5.11 Å². The molecule has 0 fully saturated rings. The largest absolute Gasteiger partial charge is 0.478 e. The van der Waals surface area contributed by atoms with E-state index in [1.807, 2.05) is 6.08 Å². The van der Waals surface area contributed by atoms with Crippen molar-refractivity contribution in [2.24, 2.45) is 0 Å². The van der Waals surface area contributed by atoms with E-state index in [9.17, 15) is 4.79 Å². The van der Waals surface area contributed by atoms with Gasteiger partial charge in [-0.15, -0.1) is 0 Å². The summed E-state index contributed by atoms with van der Waals surface area (Å²) in [7, 11) is 0. The van der Waals surface area contributed by atoms with Crippen LogP contribution in [-0.4, -0.2) is 11.1 Å². The molecular formula is C11H16O2. The lowest BCUT2D eigenvalue weighted by molar-refractivity contribution is -0.131. The fraction of sp³-hybridized carbons (Fsp3) is 0.364. The van der Waals surface area contributed by atoms with Crippen LogP contribution in [0.2, 0.25) is 0 Å². The van der Waals surface area contributed by atoms with Crippen LogP contribution in [-0.2, 0) is 4.79 Å². The number of aliphatic carboxylic acids is 1. The van der Waals surface area contributed by atoms with Gasteiger partial charge < -0.3 is 5.11 Å². The average molecular weight is 180 g/mol. The Hall–Kier alpha value is -1.31. The zero-order chi connectivity index (χ0) is 9.94. The van der Waals surface area contributed by atoms with Gasteiger partial charge in [0.15, 0.2) is 0 Å². The fourth-order valence-corrected chi connectivity index (χ4v) is 0.754. The number of carboxylic acids is 1. The summed E-state index contributed by atoms with van der Waals surface area (Å²) in [5, 5.41) is 8.25. The molecule has 72 valence electrons. The van der Waals surface area contributed by atoms with Crippen LogP contribution in [0, 0.1) is 0 Å².